The molecule has 0 aromatic carbocycles. The summed E-state index contributed by atoms with van der Waals surface area (Å²) in [7, 11) is 0. The molecule has 1 amide bonds. The van der Waals surface area contributed by atoms with Crippen molar-refractivity contribution in [3.05, 3.63) is 0 Å². The fourth-order valence-corrected chi connectivity index (χ4v) is 2.84. The van der Waals surface area contributed by atoms with Gasteiger partial charge in [-0.2, -0.15) is 0 Å². The molecule has 5 heteroatoms. The fourth-order valence-electron chi connectivity index (χ4n) is 2.84. The van der Waals surface area contributed by atoms with Crippen molar-refractivity contribution in [2.45, 2.75) is 57.8 Å². The molecule has 2 rings (SSSR count). The molecule has 0 aromatic rings. The molecule has 5 nitrogen and oxygen atoms in total. The van der Waals surface area contributed by atoms with Crippen LogP contribution in [0.1, 0.15) is 39.5 Å². The molecular weight excluding hydrogens is 256 g/mol. The van der Waals surface area contributed by atoms with Crippen LogP contribution in [0.5, 0.6) is 0 Å². The molecule has 0 saturated carbocycles. The predicted molar refractivity (Wildman–Crippen MR) is 77.7 cm³/mol. The van der Waals surface area contributed by atoms with Gasteiger partial charge in [-0.25, -0.2) is 0 Å². The smallest absolute Gasteiger partial charge is 0.251 e. The summed E-state index contributed by atoms with van der Waals surface area (Å²) in [5.74, 6) is 0.128. The molecule has 0 aliphatic carbocycles. The molecular formula is C15H28N2O3. The van der Waals surface area contributed by atoms with Crippen LogP contribution in [-0.4, -0.2) is 61.9 Å². The third-order valence-electron chi connectivity index (χ3n) is 4.03. The molecule has 116 valence electrons. The number of rotatable bonds is 4. The van der Waals surface area contributed by atoms with Gasteiger partial charge in [0.05, 0.1) is 18.8 Å². The molecule has 0 radical (unpaired) electrons. The Morgan fingerprint density at radius 2 is 2.00 bits per heavy atom. The Hall–Kier alpha value is -0.650. The van der Waals surface area contributed by atoms with E-state index in [4.69, 9.17) is 9.47 Å². The molecule has 2 saturated heterocycles. The Kier molecular flexibility index (Phi) is 6.26. The first-order chi connectivity index (χ1) is 9.66. The third kappa shape index (κ3) is 4.72. The van der Waals surface area contributed by atoms with Crippen molar-refractivity contribution < 1.29 is 14.3 Å². The van der Waals surface area contributed by atoms with Crippen molar-refractivity contribution in [1.82, 2.24) is 10.2 Å². The Bertz CT molecular complexity index is 303. The number of hydrogen-bond donors (Lipinski definition) is 1. The largest absolute Gasteiger partial charge is 0.370 e. The van der Waals surface area contributed by atoms with E-state index in [1.54, 1.807) is 0 Å². The third-order valence-corrected chi connectivity index (χ3v) is 4.03. The number of carbonyl (C=O) groups excluding carboxylic acids is 1. The van der Waals surface area contributed by atoms with Crippen LogP contribution < -0.4 is 5.32 Å². The molecule has 0 aromatic heterocycles. The highest BCUT2D eigenvalue weighted by Crippen LogP contribution is 2.12. The fraction of sp³-hybridized carbons (Fsp3) is 0.933. The normalized spacial score (nSPS) is 29.8. The lowest BCUT2D eigenvalue weighted by molar-refractivity contribution is -0.147. The highest BCUT2D eigenvalue weighted by Gasteiger charge is 2.24. The maximum Gasteiger partial charge on any atom is 0.251 e. The van der Waals surface area contributed by atoms with E-state index in [0.717, 1.165) is 39.0 Å². The van der Waals surface area contributed by atoms with Crippen molar-refractivity contribution in [3.63, 3.8) is 0 Å². The van der Waals surface area contributed by atoms with Crippen LogP contribution in [-0.2, 0) is 14.3 Å². The van der Waals surface area contributed by atoms with Crippen LogP contribution in [0.3, 0.4) is 0 Å². The predicted octanol–water partition coefficient (Wildman–Crippen LogP) is 1.17. The SMILES string of the molecule is CC1CNCC(COC(C)C(=O)N2CCCCCC2)O1. The molecule has 3 unspecified atom stereocenters. The molecule has 2 aliphatic heterocycles. The van der Waals surface area contributed by atoms with Gasteiger partial charge in [-0.1, -0.05) is 12.8 Å². The number of carbonyl (C=O) groups is 1. The average Bonchev–Trinajstić information content (AvgIpc) is 2.73. The van der Waals surface area contributed by atoms with Crippen molar-refractivity contribution in [2.24, 2.45) is 0 Å². The van der Waals surface area contributed by atoms with Crippen molar-refractivity contribution in [3.8, 4) is 0 Å². The minimum absolute atomic E-state index is 0.0538. The summed E-state index contributed by atoms with van der Waals surface area (Å²) in [4.78, 5) is 14.3. The van der Waals surface area contributed by atoms with Crippen molar-refractivity contribution in [1.29, 1.82) is 0 Å². The lowest BCUT2D eigenvalue weighted by Crippen LogP contribution is -2.47. The molecule has 2 fully saturated rings. The number of nitrogens with one attached hydrogen (secondary N) is 1. The van der Waals surface area contributed by atoms with Gasteiger partial charge in [-0.3, -0.25) is 4.79 Å². The van der Waals surface area contributed by atoms with Gasteiger partial charge in [0, 0.05) is 26.2 Å². The van der Waals surface area contributed by atoms with E-state index in [0.29, 0.717) is 6.61 Å². The second-order valence-electron chi connectivity index (χ2n) is 5.94. The topological polar surface area (TPSA) is 50.8 Å². The van der Waals surface area contributed by atoms with Crippen molar-refractivity contribution >= 4 is 5.91 Å². The zero-order valence-electron chi connectivity index (χ0n) is 12.8. The van der Waals surface area contributed by atoms with Crippen LogP contribution in [0.2, 0.25) is 0 Å². The van der Waals surface area contributed by atoms with E-state index in [1.807, 2.05) is 18.7 Å². The lowest BCUT2D eigenvalue weighted by Gasteiger charge is -2.30. The quantitative estimate of drug-likeness (QED) is 0.842. The summed E-state index contributed by atoms with van der Waals surface area (Å²) in [6, 6.07) is 0. The Morgan fingerprint density at radius 3 is 2.65 bits per heavy atom. The van der Waals surface area contributed by atoms with Gasteiger partial charge in [0.2, 0.25) is 0 Å². The molecule has 0 spiro atoms. The molecule has 2 aliphatic rings. The summed E-state index contributed by atoms with van der Waals surface area (Å²) in [5, 5.41) is 3.31. The van der Waals surface area contributed by atoms with E-state index in [1.165, 1.54) is 12.8 Å². The first-order valence-corrected chi connectivity index (χ1v) is 7.93. The molecule has 1 N–H and O–H groups in total. The second kappa shape index (κ2) is 7.96. The van der Waals surface area contributed by atoms with Crippen LogP contribution in [0.25, 0.3) is 0 Å². The van der Waals surface area contributed by atoms with Gasteiger partial charge in [0.25, 0.3) is 5.91 Å². The number of morpholine rings is 1. The van der Waals surface area contributed by atoms with E-state index in [2.05, 4.69) is 5.32 Å². The number of likely N-dealkylation sites (tertiary alicyclic amines) is 1. The summed E-state index contributed by atoms with van der Waals surface area (Å²) < 4.78 is 11.5. The maximum atomic E-state index is 12.3. The zero-order chi connectivity index (χ0) is 14.4. The molecule has 3 atom stereocenters. The van der Waals surface area contributed by atoms with Crippen molar-refractivity contribution in [2.75, 3.05) is 32.8 Å². The summed E-state index contributed by atoms with van der Waals surface area (Å²) in [6.45, 7) is 7.83. The summed E-state index contributed by atoms with van der Waals surface area (Å²) >= 11 is 0. The molecule has 0 bridgehead atoms. The second-order valence-corrected chi connectivity index (χ2v) is 5.94. The first-order valence-electron chi connectivity index (χ1n) is 7.93. The molecule has 2 heterocycles. The number of nitrogens with zero attached hydrogens (tertiary/aromatic N) is 1. The monoisotopic (exact) mass is 284 g/mol. The highest BCUT2D eigenvalue weighted by molar-refractivity contribution is 5.80. The van der Waals surface area contributed by atoms with Crippen LogP contribution >= 0.6 is 0 Å². The number of hydrogen-bond acceptors (Lipinski definition) is 4. The zero-order valence-corrected chi connectivity index (χ0v) is 12.8. The summed E-state index contributed by atoms with van der Waals surface area (Å²) in [5.41, 5.74) is 0. The Balaban J connectivity index is 1.72. The minimum Gasteiger partial charge on any atom is -0.370 e. The van der Waals surface area contributed by atoms with E-state index in [9.17, 15) is 4.79 Å². The molecule has 20 heavy (non-hydrogen) atoms. The average molecular weight is 284 g/mol. The van der Waals surface area contributed by atoms with E-state index in [-0.39, 0.29) is 24.2 Å². The van der Waals surface area contributed by atoms with Crippen LogP contribution in [0.4, 0.5) is 0 Å². The van der Waals surface area contributed by atoms with Crippen LogP contribution in [0, 0.1) is 0 Å². The van der Waals surface area contributed by atoms with Crippen LogP contribution in [0.15, 0.2) is 0 Å². The van der Waals surface area contributed by atoms with Gasteiger partial charge in [0.1, 0.15) is 6.10 Å². The lowest BCUT2D eigenvalue weighted by atomic mass is 10.2. The van der Waals surface area contributed by atoms with Gasteiger partial charge >= 0.3 is 0 Å². The van der Waals surface area contributed by atoms with E-state index >= 15 is 0 Å². The van der Waals surface area contributed by atoms with Gasteiger partial charge in [0.15, 0.2) is 0 Å². The number of amides is 1. The van der Waals surface area contributed by atoms with Gasteiger partial charge < -0.3 is 19.7 Å². The Labute approximate surface area is 122 Å². The van der Waals surface area contributed by atoms with Gasteiger partial charge in [-0.15, -0.1) is 0 Å². The Morgan fingerprint density at radius 1 is 1.30 bits per heavy atom. The standard InChI is InChI=1S/C15H28N2O3/c1-12-9-16-10-14(20-12)11-19-13(2)15(18)17-7-5-3-4-6-8-17/h12-14,16H,3-11H2,1-2H3. The van der Waals surface area contributed by atoms with Gasteiger partial charge in [-0.05, 0) is 26.7 Å². The first kappa shape index (κ1) is 15.7. The summed E-state index contributed by atoms with van der Waals surface area (Å²) in [6.07, 6.45) is 4.61. The van der Waals surface area contributed by atoms with E-state index < -0.39 is 0 Å². The highest BCUT2D eigenvalue weighted by atomic mass is 16.5. The minimum atomic E-state index is -0.367. The number of ether oxygens (including phenoxy) is 2. The maximum absolute atomic E-state index is 12.3.